The molecule has 2 heterocycles. The summed E-state index contributed by atoms with van der Waals surface area (Å²) in [6.07, 6.45) is 7.75. The van der Waals surface area contributed by atoms with E-state index in [2.05, 4.69) is 16.9 Å². The van der Waals surface area contributed by atoms with Gasteiger partial charge in [0, 0.05) is 51.0 Å². The van der Waals surface area contributed by atoms with Crippen LogP contribution in [0.25, 0.3) is 11.1 Å². The Morgan fingerprint density at radius 3 is 2.36 bits per heavy atom. The van der Waals surface area contributed by atoms with Crippen LogP contribution in [0, 0.1) is 10.1 Å². The smallest absolute Gasteiger partial charge is 0.305 e. The van der Waals surface area contributed by atoms with Crippen LogP contribution >= 0.6 is 0 Å². The summed E-state index contributed by atoms with van der Waals surface area (Å²) in [4.78, 5) is 48.9. The normalized spacial score (nSPS) is 11.5. The molecule has 10 heteroatoms. The van der Waals surface area contributed by atoms with Crippen LogP contribution in [0.5, 0.6) is 0 Å². The molecule has 0 aliphatic carbocycles. The molecule has 2 aromatic carbocycles. The second-order valence-electron chi connectivity index (χ2n) is 10.0. The zero-order valence-electron chi connectivity index (χ0n) is 23.6. The Kier molecular flexibility index (Phi) is 9.94. The number of amides is 1. The van der Waals surface area contributed by atoms with Gasteiger partial charge in [-0.1, -0.05) is 43.7 Å². The maximum atomic E-state index is 13.8. The predicted octanol–water partition coefficient (Wildman–Crippen LogP) is 6.15. The van der Waals surface area contributed by atoms with E-state index in [1.807, 2.05) is 42.3 Å². The lowest BCUT2D eigenvalue weighted by Gasteiger charge is -2.31. The SMILES string of the molecule is CCCCN(C)c1ccc(-c2cccc(CN(C(=O)c3cccnc3)C(CC(=O)O)c3cccnc3)c2)cc1[N+](=O)[O-]. The lowest BCUT2D eigenvalue weighted by Crippen LogP contribution is -2.36. The van der Waals surface area contributed by atoms with E-state index in [9.17, 15) is 24.8 Å². The quantitative estimate of drug-likeness (QED) is 0.150. The minimum Gasteiger partial charge on any atom is -0.481 e. The van der Waals surface area contributed by atoms with Crippen LogP contribution in [-0.2, 0) is 11.3 Å². The summed E-state index contributed by atoms with van der Waals surface area (Å²) in [7, 11) is 1.85. The van der Waals surface area contributed by atoms with Gasteiger partial charge in [-0.25, -0.2) is 0 Å². The largest absolute Gasteiger partial charge is 0.481 e. The summed E-state index contributed by atoms with van der Waals surface area (Å²) in [5, 5.41) is 21.7. The number of carboxylic acids is 1. The van der Waals surface area contributed by atoms with Crippen LogP contribution in [0.15, 0.2) is 91.5 Å². The molecule has 4 rings (SSSR count). The highest BCUT2D eigenvalue weighted by Crippen LogP contribution is 2.34. The van der Waals surface area contributed by atoms with Crippen molar-refractivity contribution in [1.29, 1.82) is 0 Å². The van der Waals surface area contributed by atoms with Crippen LogP contribution in [0.2, 0.25) is 0 Å². The Balaban J connectivity index is 1.72. The summed E-state index contributed by atoms with van der Waals surface area (Å²) < 4.78 is 0. The summed E-state index contributed by atoms with van der Waals surface area (Å²) in [5.74, 6) is -1.43. The number of aliphatic carboxylic acids is 1. The van der Waals surface area contributed by atoms with Crippen molar-refractivity contribution in [3.05, 3.63) is 118 Å². The number of pyridine rings is 2. The molecule has 1 N–H and O–H groups in total. The molecule has 4 aromatic rings. The molecule has 0 spiro atoms. The van der Waals surface area contributed by atoms with E-state index in [1.54, 1.807) is 55.0 Å². The van der Waals surface area contributed by atoms with Gasteiger partial charge in [0.05, 0.1) is 22.9 Å². The molecule has 42 heavy (non-hydrogen) atoms. The molecule has 1 atom stereocenters. The van der Waals surface area contributed by atoms with Crippen molar-refractivity contribution in [2.45, 2.75) is 38.8 Å². The number of benzene rings is 2. The highest BCUT2D eigenvalue weighted by Gasteiger charge is 2.29. The van der Waals surface area contributed by atoms with E-state index >= 15 is 0 Å². The Labute approximate surface area is 244 Å². The van der Waals surface area contributed by atoms with E-state index in [4.69, 9.17) is 0 Å². The number of nitro benzene ring substituents is 1. The standard InChI is InChI=1S/C32H33N5O5/c1-3-4-16-35(2)28-13-12-25(18-30(28)37(41)42)24-9-5-8-23(17-24)22-36(32(40)27-11-7-15-34-21-27)29(19-31(38)39)26-10-6-14-33-20-26/h5-15,17-18,20-21,29H,3-4,16,19,22H2,1-2H3,(H,38,39). The van der Waals surface area contributed by atoms with Crippen molar-refractivity contribution in [2.75, 3.05) is 18.5 Å². The van der Waals surface area contributed by atoms with Crippen LogP contribution < -0.4 is 4.90 Å². The maximum Gasteiger partial charge on any atom is 0.305 e. The van der Waals surface area contributed by atoms with Crippen LogP contribution in [-0.4, -0.2) is 50.4 Å². The lowest BCUT2D eigenvalue weighted by molar-refractivity contribution is -0.384. The van der Waals surface area contributed by atoms with E-state index in [0.717, 1.165) is 24.0 Å². The van der Waals surface area contributed by atoms with Gasteiger partial charge >= 0.3 is 5.97 Å². The third kappa shape index (κ3) is 7.34. The van der Waals surface area contributed by atoms with E-state index in [-0.39, 0.29) is 29.5 Å². The first kappa shape index (κ1) is 29.9. The molecular weight excluding hydrogens is 534 g/mol. The maximum absolute atomic E-state index is 13.8. The molecule has 10 nitrogen and oxygen atoms in total. The topological polar surface area (TPSA) is 130 Å². The fourth-order valence-corrected chi connectivity index (χ4v) is 4.86. The zero-order chi connectivity index (χ0) is 30.1. The Hall–Kier alpha value is -5.12. The summed E-state index contributed by atoms with van der Waals surface area (Å²) >= 11 is 0. The fourth-order valence-electron chi connectivity index (χ4n) is 4.86. The number of aromatic nitrogens is 2. The van der Waals surface area contributed by atoms with Gasteiger partial charge in [0.25, 0.3) is 11.6 Å². The second-order valence-corrected chi connectivity index (χ2v) is 10.0. The van der Waals surface area contributed by atoms with Crippen LogP contribution in [0.3, 0.4) is 0 Å². The van der Waals surface area contributed by atoms with Crippen molar-refractivity contribution < 1.29 is 19.6 Å². The van der Waals surface area contributed by atoms with Gasteiger partial charge in [-0.2, -0.15) is 0 Å². The average molecular weight is 568 g/mol. The van der Waals surface area contributed by atoms with Crippen molar-refractivity contribution in [2.24, 2.45) is 0 Å². The summed E-state index contributed by atoms with van der Waals surface area (Å²) in [6, 6.07) is 18.5. The number of unbranched alkanes of at least 4 members (excludes halogenated alkanes) is 1. The number of carboxylic acid groups (broad SMARTS) is 1. The molecule has 1 unspecified atom stereocenters. The monoisotopic (exact) mass is 567 g/mol. The van der Waals surface area contributed by atoms with Gasteiger partial charge in [-0.05, 0) is 59.0 Å². The van der Waals surface area contributed by atoms with Gasteiger partial charge < -0.3 is 14.9 Å². The van der Waals surface area contributed by atoms with Crippen molar-refractivity contribution in [3.63, 3.8) is 0 Å². The first-order valence-electron chi connectivity index (χ1n) is 13.7. The number of carbonyl (C=O) groups excluding carboxylic acids is 1. The average Bonchev–Trinajstić information content (AvgIpc) is 3.01. The molecule has 0 aliphatic heterocycles. The van der Waals surface area contributed by atoms with Gasteiger partial charge in [-0.15, -0.1) is 0 Å². The second kappa shape index (κ2) is 14.0. The number of rotatable bonds is 13. The van der Waals surface area contributed by atoms with Crippen molar-refractivity contribution in [3.8, 4) is 11.1 Å². The summed E-state index contributed by atoms with van der Waals surface area (Å²) in [5.41, 5.74) is 3.62. The number of hydrogen-bond acceptors (Lipinski definition) is 7. The number of anilines is 1. The van der Waals surface area contributed by atoms with Crippen LogP contribution in [0.4, 0.5) is 11.4 Å². The van der Waals surface area contributed by atoms with E-state index in [1.165, 1.54) is 11.1 Å². The van der Waals surface area contributed by atoms with E-state index < -0.39 is 12.0 Å². The number of carbonyl (C=O) groups is 2. The predicted molar refractivity (Wildman–Crippen MR) is 160 cm³/mol. The fraction of sp³-hybridized carbons (Fsp3) is 0.250. The highest BCUT2D eigenvalue weighted by atomic mass is 16.6. The zero-order valence-corrected chi connectivity index (χ0v) is 23.6. The molecule has 0 radical (unpaired) electrons. The van der Waals surface area contributed by atoms with E-state index in [0.29, 0.717) is 28.9 Å². The molecule has 0 saturated carbocycles. The molecule has 0 saturated heterocycles. The third-order valence-electron chi connectivity index (χ3n) is 7.03. The molecule has 0 fully saturated rings. The molecular formula is C32H33N5O5. The third-order valence-corrected chi connectivity index (χ3v) is 7.03. The van der Waals surface area contributed by atoms with Crippen molar-refractivity contribution in [1.82, 2.24) is 14.9 Å². The molecule has 1 amide bonds. The Bertz CT molecular complexity index is 1530. The summed E-state index contributed by atoms with van der Waals surface area (Å²) in [6.45, 7) is 2.88. The van der Waals surface area contributed by atoms with Gasteiger partial charge in [0.15, 0.2) is 0 Å². The molecule has 2 aromatic heterocycles. The number of nitrogens with zero attached hydrogens (tertiary/aromatic N) is 5. The first-order valence-corrected chi connectivity index (χ1v) is 13.7. The van der Waals surface area contributed by atoms with Crippen LogP contribution in [0.1, 0.15) is 53.7 Å². The Morgan fingerprint density at radius 1 is 0.976 bits per heavy atom. The molecule has 0 bridgehead atoms. The molecule has 0 aliphatic rings. The van der Waals surface area contributed by atoms with Gasteiger partial charge in [0.1, 0.15) is 5.69 Å². The van der Waals surface area contributed by atoms with Crippen molar-refractivity contribution >= 4 is 23.3 Å². The number of nitro groups is 1. The van der Waals surface area contributed by atoms with Gasteiger partial charge in [0.2, 0.25) is 0 Å². The number of hydrogen-bond donors (Lipinski definition) is 1. The minimum absolute atomic E-state index is 0.0167. The first-order chi connectivity index (χ1) is 20.3. The van der Waals surface area contributed by atoms with Gasteiger partial charge in [-0.3, -0.25) is 29.7 Å². The highest BCUT2D eigenvalue weighted by molar-refractivity contribution is 5.94. The minimum atomic E-state index is -1.06. The lowest BCUT2D eigenvalue weighted by atomic mass is 9.99. The molecule has 216 valence electrons. The Morgan fingerprint density at radius 2 is 1.71 bits per heavy atom.